The summed E-state index contributed by atoms with van der Waals surface area (Å²) in [6, 6.07) is 5.61. The lowest BCUT2D eigenvalue weighted by Gasteiger charge is -2.40. The summed E-state index contributed by atoms with van der Waals surface area (Å²) in [5, 5.41) is 22.0. The van der Waals surface area contributed by atoms with Gasteiger partial charge in [-0.2, -0.15) is 5.26 Å². The molecule has 0 bridgehead atoms. The van der Waals surface area contributed by atoms with Crippen LogP contribution < -0.4 is 5.32 Å². The van der Waals surface area contributed by atoms with Crippen LogP contribution in [0.5, 0.6) is 0 Å². The number of anilines is 1. The van der Waals surface area contributed by atoms with Crippen molar-refractivity contribution in [3.63, 3.8) is 0 Å². The molecule has 2 atom stereocenters. The number of aliphatic hydroxyl groups is 1. The lowest BCUT2D eigenvalue weighted by Crippen LogP contribution is -2.45. The van der Waals surface area contributed by atoms with Crippen molar-refractivity contribution in [2.75, 3.05) is 11.9 Å². The average molecular weight is 245 g/mol. The van der Waals surface area contributed by atoms with Crippen molar-refractivity contribution in [1.82, 2.24) is 4.98 Å². The number of nitrogens with one attached hydrogen (secondary N) is 1. The van der Waals surface area contributed by atoms with Crippen LogP contribution in [0.15, 0.2) is 18.3 Å². The molecule has 0 aliphatic heterocycles. The fourth-order valence-electron chi connectivity index (χ4n) is 2.83. The Morgan fingerprint density at radius 2 is 2.50 bits per heavy atom. The smallest absolute Gasteiger partial charge is 0.142 e. The minimum Gasteiger partial charge on any atom is -0.394 e. The van der Waals surface area contributed by atoms with Gasteiger partial charge in [0.05, 0.1) is 12.1 Å². The fraction of sp³-hybridized carbons (Fsp3) is 0.571. The molecule has 4 heteroatoms. The molecular weight excluding hydrogens is 226 g/mol. The van der Waals surface area contributed by atoms with Crippen LogP contribution in [0, 0.1) is 17.2 Å². The topological polar surface area (TPSA) is 68.9 Å². The van der Waals surface area contributed by atoms with E-state index in [2.05, 4.69) is 17.2 Å². The maximum absolute atomic E-state index is 9.70. The third-order valence-electron chi connectivity index (χ3n) is 3.68. The first-order chi connectivity index (χ1) is 8.67. The Labute approximate surface area is 108 Å². The minimum absolute atomic E-state index is 0.127. The summed E-state index contributed by atoms with van der Waals surface area (Å²) in [4.78, 5) is 3.95. The number of nitriles is 1. The van der Waals surface area contributed by atoms with Crippen LogP contribution in [-0.4, -0.2) is 22.2 Å². The molecule has 1 aromatic rings. The molecule has 2 unspecified atom stereocenters. The zero-order valence-electron chi connectivity index (χ0n) is 10.7. The van der Waals surface area contributed by atoms with E-state index in [9.17, 15) is 5.11 Å². The second-order valence-electron chi connectivity index (χ2n) is 5.31. The first-order valence-electron chi connectivity index (χ1n) is 6.43. The predicted octanol–water partition coefficient (Wildman–Crippen LogP) is 2.31. The molecule has 1 aliphatic carbocycles. The number of hydrogen-bond acceptors (Lipinski definition) is 4. The van der Waals surface area contributed by atoms with Crippen molar-refractivity contribution in [1.29, 1.82) is 5.26 Å². The van der Waals surface area contributed by atoms with E-state index in [0.717, 1.165) is 24.9 Å². The Morgan fingerprint density at radius 1 is 1.67 bits per heavy atom. The highest BCUT2D eigenvalue weighted by Crippen LogP contribution is 2.34. The van der Waals surface area contributed by atoms with E-state index in [1.54, 1.807) is 12.3 Å². The van der Waals surface area contributed by atoms with E-state index >= 15 is 0 Å². The van der Waals surface area contributed by atoms with Crippen molar-refractivity contribution in [2.24, 2.45) is 5.92 Å². The van der Waals surface area contributed by atoms with E-state index in [1.807, 2.05) is 12.1 Å². The van der Waals surface area contributed by atoms with Gasteiger partial charge in [-0.25, -0.2) is 4.98 Å². The Balaban J connectivity index is 2.16. The predicted molar refractivity (Wildman–Crippen MR) is 70.0 cm³/mol. The second kappa shape index (κ2) is 5.36. The number of rotatable bonds is 3. The molecular formula is C14H19N3O. The Kier molecular flexibility index (Phi) is 3.83. The van der Waals surface area contributed by atoms with Crippen LogP contribution >= 0.6 is 0 Å². The lowest BCUT2D eigenvalue weighted by atomic mass is 9.76. The molecule has 0 radical (unpaired) electrons. The maximum atomic E-state index is 9.70. The summed E-state index contributed by atoms with van der Waals surface area (Å²) in [5.41, 5.74) is 1.02. The lowest BCUT2D eigenvalue weighted by molar-refractivity contribution is 0.149. The number of hydrogen-bond donors (Lipinski definition) is 2. The van der Waals surface area contributed by atoms with E-state index in [0.29, 0.717) is 11.6 Å². The average Bonchev–Trinajstić information content (AvgIpc) is 2.39. The standard InChI is InChI=1S/C14H19N3O/c1-11-3-2-5-14(8-11,10-18)17-12-4-6-16-13(7-12)9-15/h4,6-7,11,18H,2-3,5,8,10H2,1H3,(H,16,17). The highest BCUT2D eigenvalue weighted by atomic mass is 16.3. The maximum Gasteiger partial charge on any atom is 0.142 e. The number of aliphatic hydroxyl groups excluding tert-OH is 1. The van der Waals surface area contributed by atoms with E-state index in [1.165, 1.54) is 6.42 Å². The molecule has 1 aliphatic rings. The second-order valence-corrected chi connectivity index (χ2v) is 5.31. The Bertz CT molecular complexity index is 455. The molecule has 1 saturated carbocycles. The van der Waals surface area contributed by atoms with Crippen molar-refractivity contribution < 1.29 is 5.11 Å². The summed E-state index contributed by atoms with van der Waals surface area (Å²) in [5.74, 6) is 0.621. The molecule has 96 valence electrons. The summed E-state index contributed by atoms with van der Waals surface area (Å²) in [6.45, 7) is 2.35. The first-order valence-corrected chi connectivity index (χ1v) is 6.43. The summed E-state index contributed by atoms with van der Waals surface area (Å²) in [6.07, 6.45) is 5.91. The molecule has 2 N–H and O–H groups in total. The third-order valence-corrected chi connectivity index (χ3v) is 3.68. The van der Waals surface area contributed by atoms with Gasteiger partial charge in [-0.15, -0.1) is 0 Å². The van der Waals surface area contributed by atoms with Crippen molar-refractivity contribution in [3.8, 4) is 6.07 Å². The van der Waals surface area contributed by atoms with Crippen molar-refractivity contribution >= 4 is 5.69 Å². The molecule has 0 saturated heterocycles. The van der Waals surface area contributed by atoms with Gasteiger partial charge in [-0.05, 0) is 30.9 Å². The minimum atomic E-state index is -0.244. The van der Waals surface area contributed by atoms with Gasteiger partial charge in [0.15, 0.2) is 0 Å². The summed E-state index contributed by atoms with van der Waals surface area (Å²) in [7, 11) is 0. The van der Waals surface area contributed by atoms with Gasteiger partial charge in [-0.1, -0.05) is 19.8 Å². The van der Waals surface area contributed by atoms with Gasteiger partial charge in [-0.3, -0.25) is 0 Å². The van der Waals surface area contributed by atoms with E-state index < -0.39 is 0 Å². The Hall–Kier alpha value is -1.60. The van der Waals surface area contributed by atoms with Crippen LogP contribution in [0.25, 0.3) is 0 Å². The highest BCUT2D eigenvalue weighted by Gasteiger charge is 2.34. The number of nitrogens with zero attached hydrogens (tertiary/aromatic N) is 2. The zero-order valence-corrected chi connectivity index (χ0v) is 10.7. The molecule has 0 spiro atoms. The normalized spacial score (nSPS) is 27.5. The molecule has 0 amide bonds. The largest absolute Gasteiger partial charge is 0.394 e. The fourth-order valence-corrected chi connectivity index (χ4v) is 2.83. The van der Waals surface area contributed by atoms with Gasteiger partial charge >= 0.3 is 0 Å². The molecule has 2 rings (SSSR count). The van der Waals surface area contributed by atoms with Crippen molar-refractivity contribution in [3.05, 3.63) is 24.0 Å². The van der Waals surface area contributed by atoms with Crippen LogP contribution in [-0.2, 0) is 0 Å². The zero-order chi connectivity index (χ0) is 13.0. The van der Waals surface area contributed by atoms with Crippen LogP contribution in [0.2, 0.25) is 0 Å². The number of aromatic nitrogens is 1. The Morgan fingerprint density at radius 3 is 3.17 bits per heavy atom. The number of pyridine rings is 1. The SMILES string of the molecule is CC1CCCC(CO)(Nc2ccnc(C#N)c2)C1. The van der Waals surface area contributed by atoms with Gasteiger partial charge in [0, 0.05) is 11.9 Å². The summed E-state index contributed by atoms with van der Waals surface area (Å²) >= 11 is 0. The molecule has 1 fully saturated rings. The molecule has 18 heavy (non-hydrogen) atoms. The quantitative estimate of drug-likeness (QED) is 0.857. The van der Waals surface area contributed by atoms with E-state index in [-0.39, 0.29) is 12.1 Å². The van der Waals surface area contributed by atoms with Gasteiger partial charge in [0.25, 0.3) is 0 Å². The molecule has 1 aromatic heterocycles. The monoisotopic (exact) mass is 245 g/mol. The van der Waals surface area contributed by atoms with Crippen LogP contribution in [0.3, 0.4) is 0 Å². The molecule has 0 aromatic carbocycles. The molecule has 1 heterocycles. The highest BCUT2D eigenvalue weighted by molar-refractivity contribution is 5.48. The third kappa shape index (κ3) is 2.80. The van der Waals surface area contributed by atoms with Gasteiger partial charge < -0.3 is 10.4 Å². The van der Waals surface area contributed by atoms with Gasteiger partial charge in [0.2, 0.25) is 0 Å². The van der Waals surface area contributed by atoms with Crippen LogP contribution in [0.4, 0.5) is 5.69 Å². The molecule has 4 nitrogen and oxygen atoms in total. The van der Waals surface area contributed by atoms with E-state index in [4.69, 9.17) is 5.26 Å². The first kappa shape index (κ1) is 12.8. The summed E-state index contributed by atoms with van der Waals surface area (Å²) < 4.78 is 0. The van der Waals surface area contributed by atoms with Crippen LogP contribution in [0.1, 0.15) is 38.3 Å². The van der Waals surface area contributed by atoms with Crippen molar-refractivity contribution in [2.45, 2.75) is 38.1 Å². The van der Waals surface area contributed by atoms with Gasteiger partial charge in [0.1, 0.15) is 11.8 Å².